The van der Waals surface area contributed by atoms with Crippen molar-refractivity contribution in [3.05, 3.63) is 40.5 Å². The smallest absolute Gasteiger partial charge is 0.224 e. The van der Waals surface area contributed by atoms with Gasteiger partial charge in [-0.05, 0) is 37.6 Å². The Balaban J connectivity index is 2.28. The van der Waals surface area contributed by atoms with Gasteiger partial charge in [0, 0.05) is 16.8 Å². The maximum atomic E-state index is 5.93. The van der Waals surface area contributed by atoms with Gasteiger partial charge in [-0.2, -0.15) is 4.98 Å². The van der Waals surface area contributed by atoms with Gasteiger partial charge >= 0.3 is 0 Å². The molecule has 0 bridgehead atoms. The van der Waals surface area contributed by atoms with Gasteiger partial charge < -0.3 is 10.5 Å². The van der Waals surface area contributed by atoms with Gasteiger partial charge in [-0.15, -0.1) is 0 Å². The van der Waals surface area contributed by atoms with Crippen molar-refractivity contribution < 1.29 is 4.74 Å². The molecule has 88 valence electrons. The summed E-state index contributed by atoms with van der Waals surface area (Å²) in [6, 6.07) is 7.13. The van der Waals surface area contributed by atoms with E-state index in [9.17, 15) is 0 Å². The Hall–Kier alpha value is -1.81. The minimum absolute atomic E-state index is 0.200. The van der Waals surface area contributed by atoms with Crippen LogP contribution >= 0.6 is 11.6 Å². The summed E-state index contributed by atoms with van der Waals surface area (Å²) in [4.78, 5) is 7.97. The molecule has 0 atom stereocenters. The molecule has 0 saturated heterocycles. The van der Waals surface area contributed by atoms with Crippen molar-refractivity contribution in [2.45, 2.75) is 13.8 Å². The first-order valence-electron chi connectivity index (χ1n) is 5.10. The zero-order chi connectivity index (χ0) is 12.4. The lowest BCUT2D eigenvalue weighted by atomic mass is 10.2. The van der Waals surface area contributed by atoms with Crippen LogP contribution in [0.25, 0.3) is 0 Å². The molecular weight excluding hydrogens is 238 g/mol. The van der Waals surface area contributed by atoms with Crippen molar-refractivity contribution in [2.75, 3.05) is 5.73 Å². The number of aromatic nitrogens is 2. The highest BCUT2D eigenvalue weighted by Gasteiger charge is 2.03. The van der Waals surface area contributed by atoms with E-state index >= 15 is 0 Å². The first-order chi connectivity index (χ1) is 8.04. The van der Waals surface area contributed by atoms with E-state index in [1.54, 1.807) is 18.2 Å². The minimum atomic E-state index is 0.200. The summed E-state index contributed by atoms with van der Waals surface area (Å²) in [6.07, 6.45) is 0. The normalized spacial score (nSPS) is 10.3. The van der Waals surface area contributed by atoms with Gasteiger partial charge in [0.1, 0.15) is 5.75 Å². The van der Waals surface area contributed by atoms with Gasteiger partial charge in [0.15, 0.2) is 0 Å². The number of hydrogen-bond acceptors (Lipinski definition) is 4. The molecule has 0 aliphatic heterocycles. The average Bonchev–Trinajstić information content (AvgIpc) is 2.22. The predicted molar refractivity (Wildman–Crippen MR) is 67.4 cm³/mol. The Morgan fingerprint density at radius 2 is 1.94 bits per heavy atom. The predicted octanol–water partition coefficient (Wildman–Crippen LogP) is 3.12. The number of hydrogen-bond donors (Lipinski definition) is 1. The molecule has 0 fully saturated rings. The first kappa shape index (κ1) is 11.7. The molecule has 2 N–H and O–H groups in total. The third-order valence-corrected chi connectivity index (χ3v) is 2.62. The fourth-order valence-corrected chi connectivity index (χ4v) is 1.53. The van der Waals surface area contributed by atoms with Crippen LogP contribution in [0.4, 0.5) is 5.95 Å². The zero-order valence-corrected chi connectivity index (χ0v) is 10.3. The molecule has 2 rings (SSSR count). The fourth-order valence-electron chi connectivity index (χ4n) is 1.42. The molecule has 0 unspecified atom stereocenters. The van der Waals surface area contributed by atoms with Crippen molar-refractivity contribution >= 4 is 17.5 Å². The lowest BCUT2D eigenvalue weighted by Gasteiger charge is -2.07. The number of ether oxygens (including phenoxy) is 1. The van der Waals surface area contributed by atoms with E-state index in [1.165, 1.54) is 0 Å². The molecule has 5 heteroatoms. The monoisotopic (exact) mass is 249 g/mol. The molecule has 0 amide bonds. The maximum Gasteiger partial charge on any atom is 0.224 e. The average molecular weight is 250 g/mol. The van der Waals surface area contributed by atoms with Gasteiger partial charge in [-0.1, -0.05) is 11.6 Å². The number of nitrogens with two attached hydrogens (primary N) is 1. The number of aryl methyl sites for hydroxylation is 2. The lowest BCUT2D eigenvalue weighted by Crippen LogP contribution is -1.98. The second-order valence-corrected chi connectivity index (χ2v) is 4.13. The molecular formula is C12H12ClN3O. The number of rotatable bonds is 2. The molecule has 0 aliphatic carbocycles. The van der Waals surface area contributed by atoms with E-state index in [0.717, 1.165) is 11.3 Å². The largest absolute Gasteiger partial charge is 0.439 e. The second-order valence-electron chi connectivity index (χ2n) is 3.72. The Labute approximate surface area is 104 Å². The second kappa shape index (κ2) is 4.59. The summed E-state index contributed by atoms with van der Waals surface area (Å²) in [6.45, 7) is 3.74. The van der Waals surface area contributed by atoms with Crippen LogP contribution in [0, 0.1) is 13.8 Å². The Bertz CT molecular complexity index is 537. The molecule has 1 aromatic carbocycles. The Morgan fingerprint density at radius 3 is 2.59 bits per heavy atom. The zero-order valence-electron chi connectivity index (χ0n) is 9.57. The van der Waals surface area contributed by atoms with E-state index in [4.69, 9.17) is 22.1 Å². The highest BCUT2D eigenvalue weighted by molar-refractivity contribution is 6.31. The highest BCUT2D eigenvalue weighted by Crippen LogP contribution is 2.25. The maximum absolute atomic E-state index is 5.93. The summed E-state index contributed by atoms with van der Waals surface area (Å²) in [5, 5.41) is 0.704. The quantitative estimate of drug-likeness (QED) is 0.888. The molecule has 1 heterocycles. The Kier molecular flexibility index (Phi) is 3.15. The lowest BCUT2D eigenvalue weighted by molar-refractivity contribution is 0.461. The van der Waals surface area contributed by atoms with Gasteiger partial charge in [0.05, 0.1) is 0 Å². The third-order valence-electron chi connectivity index (χ3n) is 2.20. The van der Waals surface area contributed by atoms with E-state index in [0.29, 0.717) is 16.7 Å². The number of benzene rings is 1. The molecule has 0 radical (unpaired) electrons. The van der Waals surface area contributed by atoms with Crippen LogP contribution in [-0.2, 0) is 0 Å². The highest BCUT2D eigenvalue weighted by atomic mass is 35.5. The summed E-state index contributed by atoms with van der Waals surface area (Å²) >= 11 is 5.93. The molecule has 4 nitrogen and oxygen atoms in total. The van der Waals surface area contributed by atoms with Crippen molar-refractivity contribution in [1.82, 2.24) is 9.97 Å². The molecule has 0 aliphatic rings. The summed E-state index contributed by atoms with van der Waals surface area (Å²) < 4.78 is 5.59. The minimum Gasteiger partial charge on any atom is -0.439 e. The molecule has 17 heavy (non-hydrogen) atoms. The van der Waals surface area contributed by atoms with E-state index < -0.39 is 0 Å². The van der Waals surface area contributed by atoms with Crippen LogP contribution in [-0.4, -0.2) is 9.97 Å². The Morgan fingerprint density at radius 1 is 1.18 bits per heavy atom. The number of halogens is 1. The van der Waals surface area contributed by atoms with Gasteiger partial charge in [0.25, 0.3) is 0 Å². The van der Waals surface area contributed by atoms with Crippen molar-refractivity contribution in [1.29, 1.82) is 0 Å². The fraction of sp³-hybridized carbons (Fsp3) is 0.167. The van der Waals surface area contributed by atoms with Gasteiger partial charge in [-0.3, -0.25) is 0 Å². The van der Waals surface area contributed by atoms with Crippen LogP contribution in [0.5, 0.6) is 11.6 Å². The summed E-state index contributed by atoms with van der Waals surface area (Å²) in [5.74, 6) is 1.30. The summed E-state index contributed by atoms with van der Waals surface area (Å²) in [5.41, 5.74) is 7.25. The first-order valence-corrected chi connectivity index (χ1v) is 5.47. The SMILES string of the molecule is Cc1cc(Oc2ccc(Cl)c(C)c2)nc(N)n1. The van der Waals surface area contributed by atoms with Crippen LogP contribution in [0.1, 0.15) is 11.3 Å². The molecule has 2 aromatic rings. The van der Waals surface area contributed by atoms with Crippen molar-refractivity contribution in [3.8, 4) is 11.6 Å². The standard InChI is InChI=1S/C12H12ClN3O/c1-7-5-9(3-4-10(7)13)17-11-6-8(2)15-12(14)16-11/h3-6H,1-2H3,(H2,14,15,16). The number of nitrogens with zero attached hydrogens (tertiary/aromatic N) is 2. The van der Waals surface area contributed by atoms with E-state index in [1.807, 2.05) is 19.9 Å². The molecule has 0 spiro atoms. The van der Waals surface area contributed by atoms with Crippen LogP contribution in [0.2, 0.25) is 5.02 Å². The van der Waals surface area contributed by atoms with Gasteiger partial charge in [0.2, 0.25) is 11.8 Å². The van der Waals surface area contributed by atoms with Crippen molar-refractivity contribution in [2.24, 2.45) is 0 Å². The van der Waals surface area contributed by atoms with Crippen LogP contribution < -0.4 is 10.5 Å². The molecule has 0 saturated carbocycles. The summed E-state index contributed by atoms with van der Waals surface area (Å²) in [7, 11) is 0. The van der Waals surface area contributed by atoms with Gasteiger partial charge in [-0.25, -0.2) is 4.98 Å². The topological polar surface area (TPSA) is 61.0 Å². The number of anilines is 1. The van der Waals surface area contributed by atoms with E-state index in [-0.39, 0.29) is 5.95 Å². The van der Waals surface area contributed by atoms with Crippen molar-refractivity contribution in [3.63, 3.8) is 0 Å². The number of nitrogen functional groups attached to an aromatic ring is 1. The van der Waals surface area contributed by atoms with Crippen LogP contribution in [0.15, 0.2) is 24.3 Å². The third kappa shape index (κ3) is 2.85. The molecule has 1 aromatic heterocycles. The van der Waals surface area contributed by atoms with E-state index in [2.05, 4.69) is 9.97 Å². The van der Waals surface area contributed by atoms with Crippen LogP contribution in [0.3, 0.4) is 0 Å².